The maximum atomic E-state index is 5.51. The van der Waals surface area contributed by atoms with E-state index in [9.17, 15) is 0 Å². The highest BCUT2D eigenvalue weighted by Crippen LogP contribution is 2.34. The van der Waals surface area contributed by atoms with Crippen LogP contribution in [0.1, 0.15) is 47.5 Å². The number of benzene rings is 3. The van der Waals surface area contributed by atoms with Crippen LogP contribution in [-0.2, 0) is 0 Å². The number of allylic oxidation sites excluding steroid dienone is 2. The van der Waals surface area contributed by atoms with Gasteiger partial charge in [0.1, 0.15) is 11.5 Å². The molecule has 3 aromatic heterocycles. The zero-order valence-electron chi connectivity index (χ0n) is 28.6. The average molecular weight is 689 g/mol. The van der Waals surface area contributed by atoms with Crippen molar-refractivity contribution in [1.82, 2.24) is 4.98 Å². The Balaban J connectivity index is 1.48. The summed E-state index contributed by atoms with van der Waals surface area (Å²) in [6.45, 7) is 6.59. The fourth-order valence-electron chi connectivity index (χ4n) is 6.57. The summed E-state index contributed by atoms with van der Waals surface area (Å²) in [7, 11) is 3.41. The Bertz CT molecular complexity index is 2610. The summed E-state index contributed by atoms with van der Waals surface area (Å²) in [5.74, 6) is 1.66. The minimum Gasteiger partial charge on any atom is -0.497 e. The van der Waals surface area contributed by atoms with Gasteiger partial charge in [-0.3, -0.25) is 0 Å². The molecule has 0 atom stereocenters. The average Bonchev–Trinajstić information content (AvgIpc) is 3.99. The Morgan fingerprint density at radius 1 is 0.480 bits per heavy atom. The van der Waals surface area contributed by atoms with Gasteiger partial charge in [0, 0.05) is 46.2 Å². The van der Waals surface area contributed by atoms with E-state index in [4.69, 9.17) is 14.5 Å². The molecule has 0 aliphatic carbocycles. The van der Waals surface area contributed by atoms with Gasteiger partial charge in [0.15, 0.2) is 0 Å². The lowest BCUT2D eigenvalue weighted by atomic mass is 9.99. The smallest absolute Gasteiger partial charge is 0.118 e. The van der Waals surface area contributed by atoms with Crippen molar-refractivity contribution >= 4 is 56.3 Å². The van der Waals surface area contributed by atoms with Crippen LogP contribution in [0.2, 0.25) is 0 Å². The third-order valence-electron chi connectivity index (χ3n) is 9.48. The molecule has 0 radical (unpaired) electrons. The molecular formula is C44H36N2O2S2. The summed E-state index contributed by atoms with van der Waals surface area (Å²) in [5, 5.41) is 0. The van der Waals surface area contributed by atoms with Crippen molar-refractivity contribution in [3.63, 3.8) is 0 Å². The molecule has 3 aromatic carbocycles. The minimum absolute atomic E-state index is 0.828. The second-order valence-electron chi connectivity index (χ2n) is 12.5. The molecule has 0 amide bonds. The molecule has 2 aliphatic rings. The largest absolute Gasteiger partial charge is 0.497 e. The first-order chi connectivity index (χ1) is 24.4. The van der Waals surface area contributed by atoms with Gasteiger partial charge in [-0.05, 0) is 121 Å². The van der Waals surface area contributed by atoms with E-state index >= 15 is 0 Å². The van der Waals surface area contributed by atoms with E-state index < -0.39 is 0 Å². The van der Waals surface area contributed by atoms with E-state index in [-0.39, 0.29) is 0 Å². The molecule has 1 N–H and O–H groups in total. The Morgan fingerprint density at radius 3 is 1.50 bits per heavy atom. The molecule has 246 valence electrons. The lowest BCUT2D eigenvalue weighted by Gasteiger charge is -2.11. The number of hydrogen-bond donors (Lipinski definition) is 1. The van der Waals surface area contributed by atoms with Gasteiger partial charge >= 0.3 is 0 Å². The Morgan fingerprint density at radius 2 is 0.940 bits per heavy atom. The fraction of sp³-hybridized carbons (Fsp3) is 0.114. The first-order valence-electron chi connectivity index (χ1n) is 16.6. The van der Waals surface area contributed by atoms with Crippen LogP contribution < -0.4 is 27.6 Å². The van der Waals surface area contributed by atoms with Crippen molar-refractivity contribution in [2.75, 3.05) is 14.2 Å². The lowest BCUT2D eigenvalue weighted by Crippen LogP contribution is -2.10. The SMILES string of the molecule is COc1ccc(/C2=c3\cc/c(s3)=C(C)/C(C)=c3/cc/c(s3)=C(\c3ccc(OC)cc3)c3ccc([nH]3)/C(c3ccc(C)cc3)=C3/C=CC2=N3)cc1. The van der Waals surface area contributed by atoms with Gasteiger partial charge in [0.05, 0.1) is 25.6 Å². The molecule has 8 rings (SSSR count). The third kappa shape index (κ3) is 5.81. The molecule has 0 fully saturated rings. The summed E-state index contributed by atoms with van der Waals surface area (Å²) in [6.07, 6.45) is 4.31. The van der Waals surface area contributed by atoms with E-state index in [1.807, 2.05) is 46.9 Å². The highest BCUT2D eigenvalue weighted by molar-refractivity contribution is 7.08. The van der Waals surface area contributed by atoms with Crippen LogP contribution >= 0.6 is 22.7 Å². The number of hydrogen-bond acceptors (Lipinski definition) is 5. The normalized spacial score (nSPS) is 20.1. The van der Waals surface area contributed by atoms with Crippen molar-refractivity contribution in [3.05, 3.63) is 179 Å². The van der Waals surface area contributed by atoms with Crippen LogP contribution in [0, 0.1) is 6.92 Å². The van der Waals surface area contributed by atoms with Crippen LogP contribution in [0.15, 0.2) is 132 Å². The summed E-state index contributed by atoms with van der Waals surface area (Å²) in [5.41, 5.74) is 14.3. The number of aryl methyl sites for hydroxylation is 1. The van der Waals surface area contributed by atoms with Crippen LogP contribution in [0.4, 0.5) is 0 Å². The molecule has 5 heterocycles. The van der Waals surface area contributed by atoms with Crippen molar-refractivity contribution in [3.8, 4) is 11.5 Å². The number of fused-ring (bicyclic) bond motifs is 7. The summed E-state index contributed by atoms with van der Waals surface area (Å²) in [6, 6.07) is 38.8. The molecule has 0 saturated carbocycles. The number of thiophene rings is 2. The molecule has 8 bridgehead atoms. The maximum absolute atomic E-state index is 5.51. The Labute approximate surface area is 299 Å². The zero-order valence-corrected chi connectivity index (χ0v) is 30.3. The highest BCUT2D eigenvalue weighted by atomic mass is 32.1. The van der Waals surface area contributed by atoms with Gasteiger partial charge in [-0.2, -0.15) is 0 Å². The van der Waals surface area contributed by atoms with E-state index in [0.717, 1.165) is 67.7 Å². The first kappa shape index (κ1) is 31.8. The fourth-order valence-corrected chi connectivity index (χ4v) is 8.85. The molecule has 0 spiro atoms. The molecule has 0 saturated heterocycles. The van der Waals surface area contributed by atoms with Gasteiger partial charge in [0.2, 0.25) is 0 Å². The molecule has 6 aromatic rings. The zero-order chi connectivity index (χ0) is 34.4. The molecule has 4 nitrogen and oxygen atoms in total. The Kier molecular flexibility index (Phi) is 8.35. The van der Waals surface area contributed by atoms with Crippen molar-refractivity contribution in [2.24, 2.45) is 4.99 Å². The van der Waals surface area contributed by atoms with Crippen molar-refractivity contribution in [1.29, 1.82) is 0 Å². The predicted octanol–water partition coefficient (Wildman–Crippen LogP) is 7.73. The van der Waals surface area contributed by atoms with Gasteiger partial charge in [-0.25, -0.2) is 4.99 Å². The third-order valence-corrected chi connectivity index (χ3v) is 11.9. The quantitative estimate of drug-likeness (QED) is 0.202. The highest BCUT2D eigenvalue weighted by Gasteiger charge is 2.21. The van der Waals surface area contributed by atoms with Crippen molar-refractivity contribution < 1.29 is 9.47 Å². The van der Waals surface area contributed by atoms with Gasteiger partial charge in [0.25, 0.3) is 0 Å². The molecule has 50 heavy (non-hydrogen) atoms. The first-order valence-corrected chi connectivity index (χ1v) is 18.2. The number of ether oxygens (including phenoxy) is 2. The van der Waals surface area contributed by atoms with Gasteiger partial charge in [-0.1, -0.05) is 54.1 Å². The topological polar surface area (TPSA) is 46.6 Å². The summed E-state index contributed by atoms with van der Waals surface area (Å²) >= 11 is 3.64. The number of nitrogens with one attached hydrogen (secondary N) is 1. The van der Waals surface area contributed by atoms with E-state index in [2.05, 4.69) is 123 Å². The molecule has 6 heteroatoms. The van der Waals surface area contributed by atoms with E-state index in [1.54, 1.807) is 14.2 Å². The predicted molar refractivity (Wildman–Crippen MR) is 210 cm³/mol. The van der Waals surface area contributed by atoms with E-state index in [1.165, 1.54) is 34.8 Å². The van der Waals surface area contributed by atoms with Crippen LogP contribution in [0.5, 0.6) is 11.5 Å². The number of aliphatic imine (C=N–C) groups is 1. The number of aromatic amines is 1. The van der Waals surface area contributed by atoms with Gasteiger partial charge < -0.3 is 14.5 Å². The number of aromatic nitrogens is 1. The number of rotatable bonds is 5. The van der Waals surface area contributed by atoms with E-state index in [0.29, 0.717) is 0 Å². The lowest BCUT2D eigenvalue weighted by molar-refractivity contribution is 0.414. The molecular weight excluding hydrogens is 653 g/mol. The maximum Gasteiger partial charge on any atom is 0.118 e. The molecule has 2 aliphatic heterocycles. The second kappa shape index (κ2) is 13.1. The molecule has 0 unspecified atom stereocenters. The number of H-pyrrole nitrogens is 1. The number of methoxy groups -OCH3 is 2. The van der Waals surface area contributed by atoms with Crippen LogP contribution in [-0.4, -0.2) is 24.9 Å². The summed E-state index contributed by atoms with van der Waals surface area (Å²) in [4.78, 5) is 9.25. The second-order valence-corrected chi connectivity index (χ2v) is 14.7. The van der Waals surface area contributed by atoms with Crippen LogP contribution in [0.25, 0.3) is 27.9 Å². The monoisotopic (exact) mass is 688 g/mol. The van der Waals surface area contributed by atoms with Gasteiger partial charge in [-0.15, -0.1) is 22.7 Å². The van der Waals surface area contributed by atoms with Crippen LogP contribution in [0.3, 0.4) is 0 Å². The number of nitrogens with zero attached hydrogens (tertiary/aromatic N) is 1. The minimum atomic E-state index is 0.828. The Hall–Kier alpha value is -5.43. The van der Waals surface area contributed by atoms with Crippen molar-refractivity contribution in [2.45, 2.75) is 20.8 Å². The summed E-state index contributed by atoms with van der Waals surface area (Å²) < 4.78 is 15.9. The standard InChI is InChI=1S/C44H36N2O2S2/c1-26-6-8-29(9-7-26)42-34-18-20-36(45-34)43(30-10-14-32(47-4)15-11-30)40-24-22-38(49-40)27(2)28(3)39-23-25-41(50-39)44(37-21-19-35(42)46-37)31-12-16-33(48-5)17-13-31/h6-25,45H,1-5H3/b28-27?,38-27-,39-28-,42-34?,42-35-,43-36?,43-40-,44-37?,44-41-.